The van der Waals surface area contributed by atoms with Crippen LogP contribution in [0.4, 0.5) is 5.69 Å². The smallest absolute Gasteiger partial charge is 0.313 e. The molecule has 0 atom stereocenters. The average molecular weight is 710 g/mol. The normalized spacial score (nSPS) is 16.2. The number of nitrogens with zero attached hydrogens (tertiary/aromatic N) is 4. The first-order valence-corrected chi connectivity index (χ1v) is 17.0. The number of hydrogen-bond donors (Lipinski definition) is 1. The largest absolute Gasteiger partial charge is 0.449 e. The van der Waals surface area contributed by atoms with Gasteiger partial charge >= 0.3 is 5.69 Å². The molecule has 216 valence electrons. The molecule has 3 aromatic carbocycles. The van der Waals surface area contributed by atoms with Crippen LogP contribution in [0.25, 0.3) is 3.70 Å². The number of halogens is 2. The Hall–Kier alpha value is -2.91. The molecule has 3 aromatic rings. The second-order valence-electron chi connectivity index (χ2n) is 9.88. The summed E-state index contributed by atoms with van der Waals surface area (Å²) in [5.74, 6) is 0.357. The molecule has 1 saturated heterocycles. The van der Waals surface area contributed by atoms with E-state index >= 15 is 0 Å². The molecule has 0 saturated carbocycles. The van der Waals surface area contributed by atoms with E-state index < -0.39 is 35.7 Å². The molecule has 2 aliphatic heterocycles. The summed E-state index contributed by atoms with van der Waals surface area (Å²) in [6.45, 7) is 2.03. The molecule has 0 aromatic heterocycles. The second kappa shape index (κ2) is 12.5. The van der Waals surface area contributed by atoms with Gasteiger partial charge in [-0.25, -0.2) is 18.1 Å². The minimum absolute atomic E-state index is 0.0853. The molecular weight excluding hydrogens is 681 g/mol. The van der Waals surface area contributed by atoms with Gasteiger partial charge in [0.05, 0.1) is 23.9 Å². The Bertz CT molecular complexity index is 1720. The van der Waals surface area contributed by atoms with Gasteiger partial charge in [-0.15, -0.1) is 0 Å². The van der Waals surface area contributed by atoms with Crippen molar-refractivity contribution in [2.24, 2.45) is 10.9 Å². The number of hydrogen-bond acceptors (Lipinski definition) is 8. The Labute approximate surface area is 253 Å². The second-order valence-corrected chi connectivity index (χ2v) is 14.6. The van der Waals surface area contributed by atoms with E-state index in [9.17, 15) is 18.5 Å². The molecule has 41 heavy (non-hydrogen) atoms. The van der Waals surface area contributed by atoms with Gasteiger partial charge in [0.2, 0.25) is 15.8 Å². The number of rotatable bonds is 9. The molecule has 0 spiro atoms. The van der Waals surface area contributed by atoms with E-state index in [0.717, 1.165) is 35.0 Å². The highest BCUT2D eigenvalue weighted by Gasteiger charge is 2.25. The highest BCUT2D eigenvalue weighted by Crippen LogP contribution is 2.38. The summed E-state index contributed by atoms with van der Waals surface area (Å²) in [5, 5.41) is 13.6. The standard InChI is InChI=1S/C28H29ClIN5O5S/c1-33(2)27-22-6-3-4-8-24(22)32-28(30-27)34-16-14-19(15-17-34)18-31-41(38,39)21-12-10-20(11-13-21)40-26-23(29)7-5-9-25(26)35(36)37/h3-13,19,31H,14-18H2,1-2H3. The molecule has 0 bridgehead atoms. The van der Waals surface area contributed by atoms with E-state index in [4.69, 9.17) is 21.3 Å². The molecule has 1 N–H and O–H groups in total. The molecule has 0 amide bonds. The van der Waals surface area contributed by atoms with E-state index in [0.29, 0.717) is 6.54 Å². The molecule has 0 radical (unpaired) electrons. The molecule has 2 aliphatic rings. The third-order valence-corrected chi connectivity index (χ3v) is 12.0. The number of para-hydroxylation sites is 2. The number of sulfonamides is 1. The van der Waals surface area contributed by atoms with Crippen LogP contribution < -0.4 is 20.0 Å². The number of likely N-dealkylation sites (tertiary alicyclic amines) is 1. The van der Waals surface area contributed by atoms with Gasteiger partial charge in [-0.3, -0.25) is 15.0 Å². The van der Waals surface area contributed by atoms with Crippen LogP contribution in [0.15, 0.2) is 76.6 Å². The van der Waals surface area contributed by atoms with Crippen molar-refractivity contribution in [3.05, 3.63) is 92.4 Å². The quantitative estimate of drug-likeness (QED) is 0.154. The minimum atomic E-state index is -3.74. The fourth-order valence-corrected chi connectivity index (χ4v) is 8.85. The van der Waals surface area contributed by atoms with Crippen LogP contribution >= 0.6 is 32.3 Å². The number of nitro groups is 1. The van der Waals surface area contributed by atoms with Crippen molar-refractivity contribution in [1.29, 1.82) is 0 Å². The van der Waals surface area contributed by atoms with Crippen molar-refractivity contribution in [3.8, 4) is 11.5 Å². The number of nitro benzene ring substituents is 1. The number of nitrogens with one attached hydrogen (secondary N) is 1. The predicted molar refractivity (Wildman–Crippen MR) is 167 cm³/mol. The van der Waals surface area contributed by atoms with E-state index in [1.54, 1.807) is 0 Å². The van der Waals surface area contributed by atoms with Crippen LogP contribution in [0.2, 0.25) is 5.02 Å². The summed E-state index contributed by atoms with van der Waals surface area (Å²) in [6.07, 6.45) is 1.74. The number of ether oxygens (including phenoxy) is 1. The van der Waals surface area contributed by atoms with Crippen molar-refractivity contribution >= 4 is 55.5 Å². The minimum Gasteiger partial charge on any atom is -0.449 e. The van der Waals surface area contributed by atoms with Crippen LogP contribution in [-0.2, 0) is 10.0 Å². The monoisotopic (exact) mass is 709 g/mol. The van der Waals surface area contributed by atoms with E-state index in [1.807, 2.05) is 6.07 Å². The summed E-state index contributed by atoms with van der Waals surface area (Å²) < 4.78 is 36.8. The van der Waals surface area contributed by atoms with Gasteiger partial charge in [0.25, 0.3) is 0 Å². The molecule has 1 fully saturated rings. The molecule has 5 rings (SSSR count). The fraction of sp³-hybridized carbons (Fsp3) is 0.286. The van der Waals surface area contributed by atoms with Gasteiger partial charge in [-0.1, -0.05) is 35.9 Å². The summed E-state index contributed by atoms with van der Waals surface area (Å²) in [7, 11) is 0.420. The summed E-state index contributed by atoms with van der Waals surface area (Å²) in [6, 6.07) is 18.2. The third kappa shape index (κ3) is 6.78. The predicted octanol–water partition coefficient (Wildman–Crippen LogP) is 4.05. The van der Waals surface area contributed by atoms with Crippen molar-refractivity contribution in [2.75, 3.05) is 33.7 Å². The maximum Gasteiger partial charge on any atom is 0.313 e. The lowest BCUT2D eigenvalue weighted by Gasteiger charge is -2.32. The first-order valence-electron chi connectivity index (χ1n) is 12.9. The zero-order valence-electron chi connectivity index (χ0n) is 22.5. The van der Waals surface area contributed by atoms with Crippen LogP contribution in [0.5, 0.6) is 11.5 Å². The summed E-state index contributed by atoms with van der Waals surface area (Å²) >= 11 is 5.67. The van der Waals surface area contributed by atoms with Crippen LogP contribution in [0, 0.1) is 16.0 Å². The van der Waals surface area contributed by atoms with Gasteiger partial charge in [-0.2, -0.15) is 0 Å². The highest BCUT2D eigenvalue weighted by molar-refractivity contribution is 14.2. The maximum absolute atomic E-state index is 13.0. The van der Waals surface area contributed by atoms with Crippen molar-refractivity contribution in [3.63, 3.8) is 0 Å². The van der Waals surface area contributed by atoms with Gasteiger partial charge < -0.3 is 9.64 Å². The molecule has 13 heteroatoms. The zero-order chi connectivity index (χ0) is 29.1. The SMILES string of the molecule is CN(C)C1=c2ccccc2=NC(N2CCC(CNS(=O)(=O)c3ccc(Oc4c(Cl)cccc4[N+](=O)[O-])cc3)CC2)=I1. The number of fused-ring (bicyclic) bond motifs is 1. The Balaban J connectivity index is 1.18. The molecule has 0 unspecified atom stereocenters. The van der Waals surface area contributed by atoms with Crippen molar-refractivity contribution in [1.82, 2.24) is 14.5 Å². The van der Waals surface area contributed by atoms with Gasteiger partial charge in [0, 0.05) is 45.0 Å². The van der Waals surface area contributed by atoms with Gasteiger partial charge in [0.15, 0.2) is 0 Å². The van der Waals surface area contributed by atoms with Crippen molar-refractivity contribution < 1.29 is 18.1 Å². The van der Waals surface area contributed by atoms with Crippen LogP contribution in [0.1, 0.15) is 12.8 Å². The lowest BCUT2D eigenvalue weighted by atomic mass is 9.97. The summed E-state index contributed by atoms with van der Waals surface area (Å²) in [4.78, 5) is 20.3. The van der Waals surface area contributed by atoms with Crippen molar-refractivity contribution in [2.45, 2.75) is 17.7 Å². The topological polar surface area (TPSA) is 117 Å². The Morgan fingerprint density at radius 1 is 1.10 bits per heavy atom. The molecular formula is C28H29ClIN5O5S. The van der Waals surface area contributed by atoms with E-state index in [2.05, 4.69) is 46.8 Å². The van der Waals surface area contributed by atoms with Gasteiger partial charge in [0.1, 0.15) is 9.51 Å². The Kier molecular flexibility index (Phi) is 9.04. The molecule has 2 heterocycles. The lowest BCUT2D eigenvalue weighted by molar-refractivity contribution is -0.385. The molecule has 0 aliphatic carbocycles. The number of piperidine rings is 1. The lowest BCUT2D eigenvalue weighted by Crippen LogP contribution is -2.43. The first-order chi connectivity index (χ1) is 19.6. The number of benzene rings is 3. The van der Waals surface area contributed by atoms with E-state index in [-0.39, 0.29) is 33.0 Å². The zero-order valence-corrected chi connectivity index (χ0v) is 26.2. The maximum atomic E-state index is 13.0. The Morgan fingerprint density at radius 2 is 1.80 bits per heavy atom. The summed E-state index contributed by atoms with van der Waals surface area (Å²) in [5.41, 5.74) is -0.277. The van der Waals surface area contributed by atoms with Crippen LogP contribution in [0.3, 0.4) is 0 Å². The third-order valence-electron chi connectivity index (χ3n) is 6.84. The fourth-order valence-electron chi connectivity index (χ4n) is 4.63. The first kappa shape index (κ1) is 29.6. The molecule has 10 nitrogen and oxygen atoms in total. The van der Waals surface area contributed by atoms with E-state index in [1.165, 1.54) is 51.4 Å². The Morgan fingerprint density at radius 3 is 2.49 bits per heavy atom. The van der Waals surface area contributed by atoms with Gasteiger partial charge in [-0.05, 0) is 75.9 Å². The highest BCUT2D eigenvalue weighted by atomic mass is 127. The average Bonchev–Trinajstić information content (AvgIpc) is 2.97. The van der Waals surface area contributed by atoms with Crippen LogP contribution in [-0.4, -0.2) is 60.6 Å².